The molecule has 4 heterocycles. The Labute approximate surface area is 229 Å². The van der Waals surface area contributed by atoms with Crippen molar-refractivity contribution in [2.75, 3.05) is 31.1 Å². The number of hydrogen-bond donors (Lipinski definition) is 1. The molecule has 204 valence electrons. The molecule has 4 aliphatic heterocycles. The van der Waals surface area contributed by atoms with Gasteiger partial charge in [-0.2, -0.15) is 0 Å². The molecular formula is C30H39N3O4S. The average Bonchev–Trinajstić information content (AvgIpc) is 3.22. The van der Waals surface area contributed by atoms with Crippen molar-refractivity contribution < 1.29 is 19.5 Å². The number of unbranched alkanes of at least 4 members (excludes halogenated alkanes) is 2. The minimum Gasteiger partial charge on any atom is -0.394 e. The smallest absolute Gasteiger partial charge is 0.247 e. The minimum absolute atomic E-state index is 0.0419. The lowest BCUT2D eigenvalue weighted by Crippen LogP contribution is -2.57. The van der Waals surface area contributed by atoms with Crippen molar-refractivity contribution in [1.82, 2.24) is 9.80 Å². The van der Waals surface area contributed by atoms with Gasteiger partial charge in [-0.15, -0.1) is 11.8 Å². The molecule has 0 bridgehead atoms. The standard InChI is InChI=1S/C30H39N3O4S/c1-4-5-9-16-31-17-11-15-30-25(28(36)33(26(30)29(31)37)22(19-34)20(2)3)24-23(38-30)14-10-18-32(27(24)35)21-12-7-6-8-13-21/h6-8,10-15,20,22-26,34H,4-5,9,16-19H2,1-3H3/t22-,23-,24+,25-,26?,30-/m0/s1. The van der Waals surface area contributed by atoms with Crippen LogP contribution in [0.25, 0.3) is 0 Å². The summed E-state index contributed by atoms with van der Waals surface area (Å²) in [7, 11) is 0. The zero-order valence-corrected chi connectivity index (χ0v) is 23.3. The average molecular weight is 538 g/mol. The van der Waals surface area contributed by atoms with Crippen LogP contribution in [0.4, 0.5) is 5.69 Å². The van der Waals surface area contributed by atoms with Gasteiger partial charge < -0.3 is 19.8 Å². The maximum Gasteiger partial charge on any atom is 0.247 e. The van der Waals surface area contributed by atoms with Crippen LogP contribution in [0.3, 0.4) is 0 Å². The van der Waals surface area contributed by atoms with E-state index in [1.54, 1.807) is 21.6 Å². The Morgan fingerprint density at radius 1 is 1.03 bits per heavy atom. The van der Waals surface area contributed by atoms with Gasteiger partial charge in [-0.1, -0.05) is 76.1 Å². The summed E-state index contributed by atoms with van der Waals surface area (Å²) >= 11 is 1.59. The summed E-state index contributed by atoms with van der Waals surface area (Å²) in [6, 6.07) is 8.33. The predicted octanol–water partition coefficient (Wildman–Crippen LogP) is 3.49. The highest BCUT2D eigenvalue weighted by molar-refractivity contribution is 8.02. The lowest BCUT2D eigenvalue weighted by molar-refractivity contribution is -0.146. The van der Waals surface area contributed by atoms with E-state index in [1.165, 1.54) is 0 Å². The van der Waals surface area contributed by atoms with E-state index >= 15 is 0 Å². The molecule has 1 N–H and O–H groups in total. The summed E-state index contributed by atoms with van der Waals surface area (Å²) in [4.78, 5) is 48.2. The van der Waals surface area contributed by atoms with Crippen LogP contribution >= 0.6 is 11.8 Å². The summed E-state index contributed by atoms with van der Waals surface area (Å²) in [6.07, 6.45) is 11.2. The molecule has 0 aromatic heterocycles. The van der Waals surface area contributed by atoms with Crippen molar-refractivity contribution in [3.8, 4) is 0 Å². The fraction of sp³-hybridized carbons (Fsp3) is 0.567. The number of aliphatic hydroxyl groups excluding tert-OH is 1. The Bertz CT molecular complexity index is 1120. The van der Waals surface area contributed by atoms with Crippen molar-refractivity contribution in [3.63, 3.8) is 0 Å². The van der Waals surface area contributed by atoms with E-state index in [1.807, 2.05) is 61.2 Å². The van der Waals surface area contributed by atoms with E-state index in [-0.39, 0.29) is 35.5 Å². The molecule has 7 nitrogen and oxygen atoms in total. The predicted molar refractivity (Wildman–Crippen MR) is 151 cm³/mol. The Morgan fingerprint density at radius 2 is 1.79 bits per heavy atom. The molecule has 2 fully saturated rings. The van der Waals surface area contributed by atoms with Crippen molar-refractivity contribution in [2.45, 2.75) is 62.1 Å². The van der Waals surface area contributed by atoms with Crippen molar-refractivity contribution in [1.29, 1.82) is 0 Å². The van der Waals surface area contributed by atoms with Gasteiger partial charge in [0.2, 0.25) is 17.7 Å². The molecule has 4 aliphatic rings. The lowest BCUT2D eigenvalue weighted by Gasteiger charge is -2.39. The van der Waals surface area contributed by atoms with Crippen molar-refractivity contribution >= 4 is 35.2 Å². The second kappa shape index (κ2) is 10.9. The molecule has 0 aliphatic carbocycles. The number of thioether (sulfide) groups is 1. The Hall–Kier alpha value is -2.58. The molecule has 0 saturated carbocycles. The molecule has 8 heteroatoms. The van der Waals surface area contributed by atoms with Crippen LogP contribution in [0.15, 0.2) is 54.6 Å². The van der Waals surface area contributed by atoms with Crippen LogP contribution in [0.1, 0.15) is 40.0 Å². The number of hydrogen-bond acceptors (Lipinski definition) is 5. The van der Waals surface area contributed by atoms with Gasteiger partial charge in [-0.25, -0.2) is 0 Å². The summed E-state index contributed by atoms with van der Waals surface area (Å²) in [5.41, 5.74) is 0.803. The third kappa shape index (κ3) is 4.30. The van der Waals surface area contributed by atoms with Gasteiger partial charge in [0.1, 0.15) is 6.04 Å². The third-order valence-corrected chi connectivity index (χ3v) is 10.3. The molecule has 38 heavy (non-hydrogen) atoms. The van der Waals surface area contributed by atoms with Crippen molar-refractivity contribution in [3.05, 3.63) is 54.6 Å². The van der Waals surface area contributed by atoms with Gasteiger partial charge in [0.25, 0.3) is 0 Å². The monoisotopic (exact) mass is 537 g/mol. The molecule has 0 radical (unpaired) electrons. The third-order valence-electron chi connectivity index (χ3n) is 8.59. The van der Waals surface area contributed by atoms with Gasteiger partial charge in [0, 0.05) is 30.6 Å². The molecular weight excluding hydrogens is 498 g/mol. The number of carbonyl (C=O) groups excluding carboxylic acids is 3. The first-order valence-corrected chi connectivity index (χ1v) is 14.8. The highest BCUT2D eigenvalue weighted by Crippen LogP contribution is 2.61. The number of nitrogens with zero attached hydrogens (tertiary/aromatic N) is 3. The first kappa shape index (κ1) is 27.0. The number of anilines is 1. The molecule has 2 saturated heterocycles. The Kier molecular flexibility index (Phi) is 7.74. The quantitative estimate of drug-likeness (QED) is 0.406. The second-order valence-electron chi connectivity index (χ2n) is 11.2. The van der Waals surface area contributed by atoms with Crippen LogP contribution in [0.2, 0.25) is 0 Å². The highest BCUT2D eigenvalue weighted by atomic mass is 32.2. The number of benzene rings is 1. The fourth-order valence-corrected chi connectivity index (χ4v) is 8.69. The van der Waals surface area contributed by atoms with Crippen LogP contribution in [0.5, 0.6) is 0 Å². The van der Waals surface area contributed by atoms with E-state index in [9.17, 15) is 19.5 Å². The largest absolute Gasteiger partial charge is 0.394 e. The van der Waals surface area contributed by atoms with E-state index in [0.717, 1.165) is 24.9 Å². The van der Waals surface area contributed by atoms with Crippen LogP contribution in [-0.4, -0.2) is 80.9 Å². The number of aliphatic hydroxyl groups is 1. The summed E-state index contributed by atoms with van der Waals surface area (Å²) in [5.74, 6) is -1.64. The second-order valence-corrected chi connectivity index (χ2v) is 12.7. The van der Waals surface area contributed by atoms with Crippen LogP contribution in [-0.2, 0) is 14.4 Å². The Balaban J connectivity index is 1.59. The first-order chi connectivity index (χ1) is 18.4. The summed E-state index contributed by atoms with van der Waals surface area (Å²) in [6.45, 7) is 7.44. The SMILES string of the molecule is CCCCCN1CC=C[C@]23S[C@H]4C=CCN(c5ccccc5)C(=O)[C@H]4[C@H]2C(=O)N([C@@H](CO)C(C)C)C3C1=O. The minimum atomic E-state index is -0.856. The van der Waals surface area contributed by atoms with E-state index < -0.39 is 28.7 Å². The van der Waals surface area contributed by atoms with E-state index in [2.05, 4.69) is 19.1 Å². The van der Waals surface area contributed by atoms with E-state index in [0.29, 0.717) is 19.6 Å². The molecule has 1 aromatic rings. The lowest BCUT2D eigenvalue weighted by atomic mass is 9.78. The number of likely N-dealkylation sites (tertiary alicyclic amines) is 1. The van der Waals surface area contributed by atoms with Crippen molar-refractivity contribution in [2.24, 2.45) is 17.8 Å². The number of amides is 3. The molecule has 1 unspecified atom stereocenters. The van der Waals surface area contributed by atoms with Gasteiger partial charge in [-0.3, -0.25) is 14.4 Å². The number of carbonyl (C=O) groups is 3. The summed E-state index contributed by atoms with van der Waals surface area (Å²) < 4.78 is -0.856. The van der Waals surface area contributed by atoms with E-state index in [4.69, 9.17) is 0 Å². The highest BCUT2D eigenvalue weighted by Gasteiger charge is 2.71. The van der Waals surface area contributed by atoms with Gasteiger partial charge in [0.05, 0.1) is 29.2 Å². The fourth-order valence-electron chi connectivity index (χ4n) is 6.69. The number of para-hydroxylation sites is 1. The zero-order chi connectivity index (χ0) is 27.0. The normalized spacial score (nSPS) is 31.4. The molecule has 5 rings (SSSR count). The first-order valence-electron chi connectivity index (χ1n) is 14.0. The van der Waals surface area contributed by atoms with Gasteiger partial charge in [0.15, 0.2) is 0 Å². The van der Waals surface area contributed by atoms with Gasteiger partial charge >= 0.3 is 0 Å². The number of fused-ring (bicyclic) bond motifs is 2. The molecule has 3 amide bonds. The maximum atomic E-state index is 14.4. The number of rotatable bonds is 8. The molecule has 1 spiro atoms. The van der Waals surface area contributed by atoms with Crippen LogP contribution in [0, 0.1) is 17.8 Å². The molecule has 6 atom stereocenters. The molecule has 1 aromatic carbocycles. The summed E-state index contributed by atoms with van der Waals surface area (Å²) in [5, 5.41) is 10.2. The van der Waals surface area contributed by atoms with Crippen LogP contribution < -0.4 is 4.90 Å². The topological polar surface area (TPSA) is 81.2 Å². The Morgan fingerprint density at radius 3 is 2.47 bits per heavy atom. The zero-order valence-electron chi connectivity index (χ0n) is 22.5. The van der Waals surface area contributed by atoms with Gasteiger partial charge in [-0.05, 0) is 24.5 Å². The maximum absolute atomic E-state index is 14.4.